The van der Waals surface area contributed by atoms with Crippen LogP contribution in [0.4, 0.5) is 0 Å². The molecule has 2 saturated heterocycles. The molecule has 8 heteroatoms. The highest BCUT2D eigenvalue weighted by molar-refractivity contribution is 5.80. The lowest BCUT2D eigenvalue weighted by Gasteiger charge is -2.45. The SMILES string of the molecule is CN(C[C@@H]1CCCN2CCCC[C@H]12)C(=O)Cn1ccc2c(cnc3ccnn32)c1=O. The van der Waals surface area contributed by atoms with Crippen LogP contribution in [-0.2, 0) is 11.3 Å². The van der Waals surface area contributed by atoms with Gasteiger partial charge in [-0.2, -0.15) is 5.10 Å². The molecule has 3 aromatic rings. The number of fused-ring (bicyclic) bond motifs is 4. The van der Waals surface area contributed by atoms with Crippen molar-refractivity contribution in [2.24, 2.45) is 5.92 Å². The number of carbonyl (C=O) groups is 1. The summed E-state index contributed by atoms with van der Waals surface area (Å²) >= 11 is 0. The largest absolute Gasteiger partial charge is 0.344 e. The molecule has 5 rings (SSSR count). The van der Waals surface area contributed by atoms with E-state index in [4.69, 9.17) is 0 Å². The monoisotopic (exact) mass is 408 g/mol. The van der Waals surface area contributed by atoms with Gasteiger partial charge in [-0.25, -0.2) is 9.50 Å². The fraction of sp³-hybridized carbons (Fsp3) is 0.545. The van der Waals surface area contributed by atoms with Crippen LogP contribution in [-0.4, -0.2) is 67.6 Å². The molecule has 0 spiro atoms. The van der Waals surface area contributed by atoms with Gasteiger partial charge < -0.3 is 14.4 Å². The van der Waals surface area contributed by atoms with Crippen molar-refractivity contribution >= 4 is 22.5 Å². The molecule has 0 radical (unpaired) electrons. The standard InChI is InChI=1S/C22H28N6O2/c1-25(14-16-5-4-11-26-10-3-2-6-18(16)26)21(29)15-27-12-8-19-17(22(27)30)13-23-20-7-9-24-28(19)20/h7-9,12-13,16,18H,2-6,10-11,14-15H2,1H3/t16-,18+/m0/s1. The molecule has 8 nitrogen and oxygen atoms in total. The first-order valence-corrected chi connectivity index (χ1v) is 10.9. The maximum Gasteiger partial charge on any atom is 0.262 e. The van der Waals surface area contributed by atoms with E-state index < -0.39 is 0 Å². The smallest absolute Gasteiger partial charge is 0.262 e. The van der Waals surface area contributed by atoms with Gasteiger partial charge in [0, 0.05) is 38.1 Å². The van der Waals surface area contributed by atoms with E-state index in [1.807, 2.05) is 18.0 Å². The van der Waals surface area contributed by atoms with Gasteiger partial charge in [-0.15, -0.1) is 0 Å². The lowest BCUT2D eigenvalue weighted by atomic mass is 9.83. The van der Waals surface area contributed by atoms with E-state index in [1.165, 1.54) is 49.8 Å². The lowest BCUT2D eigenvalue weighted by Crippen LogP contribution is -2.51. The Kier molecular flexibility index (Phi) is 5.02. The first-order chi connectivity index (χ1) is 14.6. The highest BCUT2D eigenvalue weighted by atomic mass is 16.2. The maximum atomic E-state index is 12.9. The summed E-state index contributed by atoms with van der Waals surface area (Å²) in [7, 11) is 1.87. The van der Waals surface area contributed by atoms with Crippen LogP contribution in [0.5, 0.6) is 0 Å². The minimum Gasteiger partial charge on any atom is -0.344 e. The summed E-state index contributed by atoms with van der Waals surface area (Å²) in [6.45, 7) is 3.20. The van der Waals surface area contributed by atoms with E-state index in [2.05, 4.69) is 15.0 Å². The molecule has 0 saturated carbocycles. The summed E-state index contributed by atoms with van der Waals surface area (Å²) in [6, 6.07) is 4.23. The Hall–Kier alpha value is -2.74. The Morgan fingerprint density at radius 1 is 1.20 bits per heavy atom. The molecule has 158 valence electrons. The molecular formula is C22H28N6O2. The number of likely N-dealkylation sites (N-methyl/N-ethyl adjacent to an activating group) is 1. The zero-order valence-corrected chi connectivity index (χ0v) is 17.4. The summed E-state index contributed by atoms with van der Waals surface area (Å²) in [4.78, 5) is 34.6. The number of aromatic nitrogens is 4. The van der Waals surface area contributed by atoms with E-state index in [0.29, 0.717) is 28.5 Å². The third-order valence-corrected chi connectivity index (χ3v) is 6.82. The average molecular weight is 409 g/mol. The summed E-state index contributed by atoms with van der Waals surface area (Å²) in [5.41, 5.74) is 1.18. The van der Waals surface area contributed by atoms with Gasteiger partial charge >= 0.3 is 0 Å². The predicted octanol–water partition coefficient (Wildman–Crippen LogP) is 1.77. The number of carbonyl (C=O) groups excluding carboxylic acids is 1. The molecule has 0 N–H and O–H groups in total. The Balaban J connectivity index is 1.32. The van der Waals surface area contributed by atoms with Crippen molar-refractivity contribution in [2.45, 2.75) is 44.7 Å². The molecule has 1 amide bonds. The van der Waals surface area contributed by atoms with Crippen LogP contribution < -0.4 is 5.56 Å². The second kappa shape index (κ2) is 7.83. The highest BCUT2D eigenvalue weighted by Gasteiger charge is 2.34. The molecule has 0 bridgehead atoms. The number of amides is 1. The number of nitrogens with zero attached hydrogens (tertiary/aromatic N) is 6. The number of pyridine rings is 1. The van der Waals surface area contributed by atoms with E-state index in [0.717, 1.165) is 6.54 Å². The quantitative estimate of drug-likeness (QED) is 0.658. The van der Waals surface area contributed by atoms with E-state index in [9.17, 15) is 9.59 Å². The van der Waals surface area contributed by atoms with Gasteiger partial charge in [-0.3, -0.25) is 9.59 Å². The van der Waals surface area contributed by atoms with Gasteiger partial charge in [-0.1, -0.05) is 6.42 Å². The molecular weight excluding hydrogens is 380 g/mol. The molecule has 3 aromatic heterocycles. The van der Waals surface area contributed by atoms with Gasteiger partial charge in [-0.05, 0) is 50.8 Å². The Bertz CT molecular complexity index is 1130. The van der Waals surface area contributed by atoms with Crippen molar-refractivity contribution in [1.82, 2.24) is 29.0 Å². The topological polar surface area (TPSA) is 75.7 Å². The Labute approximate surface area is 175 Å². The fourth-order valence-electron chi connectivity index (χ4n) is 5.23. The van der Waals surface area contributed by atoms with Gasteiger partial charge in [0.1, 0.15) is 6.54 Å². The number of hydrogen-bond acceptors (Lipinski definition) is 5. The summed E-state index contributed by atoms with van der Waals surface area (Å²) in [6.07, 6.45) is 11.1. The van der Waals surface area contributed by atoms with Crippen LogP contribution in [0.1, 0.15) is 32.1 Å². The molecule has 0 unspecified atom stereocenters. The van der Waals surface area contributed by atoms with Crippen LogP contribution in [0.25, 0.3) is 16.6 Å². The van der Waals surface area contributed by atoms with Crippen molar-refractivity contribution in [3.63, 3.8) is 0 Å². The van der Waals surface area contributed by atoms with Gasteiger partial charge in [0.2, 0.25) is 5.91 Å². The summed E-state index contributed by atoms with van der Waals surface area (Å²) in [5.74, 6) is 0.496. The normalized spacial score (nSPS) is 22.3. The highest BCUT2D eigenvalue weighted by Crippen LogP contribution is 2.31. The van der Waals surface area contributed by atoms with Crippen molar-refractivity contribution in [1.29, 1.82) is 0 Å². The molecule has 2 atom stereocenters. The Morgan fingerprint density at radius 3 is 2.97 bits per heavy atom. The third-order valence-electron chi connectivity index (χ3n) is 6.82. The van der Waals surface area contributed by atoms with Crippen LogP contribution in [0.3, 0.4) is 0 Å². The van der Waals surface area contributed by atoms with E-state index in [-0.39, 0.29) is 18.0 Å². The van der Waals surface area contributed by atoms with Crippen molar-refractivity contribution in [3.8, 4) is 0 Å². The fourth-order valence-corrected chi connectivity index (χ4v) is 5.23. The summed E-state index contributed by atoms with van der Waals surface area (Å²) < 4.78 is 3.12. The number of hydrogen-bond donors (Lipinski definition) is 0. The molecule has 0 aliphatic carbocycles. The molecule has 30 heavy (non-hydrogen) atoms. The first kappa shape index (κ1) is 19.2. The van der Waals surface area contributed by atoms with Crippen LogP contribution in [0.15, 0.2) is 35.5 Å². The molecule has 2 fully saturated rings. The zero-order valence-electron chi connectivity index (χ0n) is 17.4. The Morgan fingerprint density at radius 2 is 2.07 bits per heavy atom. The van der Waals surface area contributed by atoms with E-state index in [1.54, 1.807) is 29.2 Å². The van der Waals surface area contributed by atoms with Crippen LogP contribution in [0.2, 0.25) is 0 Å². The first-order valence-electron chi connectivity index (χ1n) is 10.9. The van der Waals surface area contributed by atoms with Gasteiger partial charge in [0.05, 0.1) is 17.1 Å². The predicted molar refractivity (Wildman–Crippen MR) is 114 cm³/mol. The lowest BCUT2D eigenvalue weighted by molar-refractivity contribution is -0.131. The van der Waals surface area contributed by atoms with E-state index >= 15 is 0 Å². The third kappa shape index (κ3) is 3.39. The minimum absolute atomic E-state index is 0.0301. The second-order valence-electron chi connectivity index (χ2n) is 8.68. The maximum absolute atomic E-state index is 12.9. The van der Waals surface area contributed by atoms with Gasteiger partial charge in [0.25, 0.3) is 5.56 Å². The number of rotatable bonds is 4. The zero-order chi connectivity index (χ0) is 20.7. The van der Waals surface area contributed by atoms with Crippen molar-refractivity contribution in [3.05, 3.63) is 41.1 Å². The van der Waals surface area contributed by atoms with Crippen molar-refractivity contribution in [2.75, 3.05) is 26.7 Å². The summed E-state index contributed by atoms with van der Waals surface area (Å²) in [5, 5.41) is 4.70. The molecule has 0 aromatic carbocycles. The molecule has 2 aliphatic heterocycles. The van der Waals surface area contributed by atoms with Gasteiger partial charge in [0.15, 0.2) is 5.65 Å². The molecule has 2 aliphatic rings. The van der Waals surface area contributed by atoms with Crippen LogP contribution in [0, 0.1) is 5.92 Å². The average Bonchev–Trinajstić information content (AvgIpc) is 3.25. The number of piperidine rings is 2. The minimum atomic E-state index is -0.213. The van der Waals surface area contributed by atoms with Crippen molar-refractivity contribution < 1.29 is 4.79 Å². The molecule has 5 heterocycles. The second-order valence-corrected chi connectivity index (χ2v) is 8.68. The van der Waals surface area contributed by atoms with Crippen LogP contribution >= 0.6 is 0 Å².